The number of ketones is 1. The van der Waals surface area contributed by atoms with Crippen molar-refractivity contribution in [1.29, 1.82) is 0 Å². The van der Waals surface area contributed by atoms with Crippen molar-refractivity contribution in [2.45, 2.75) is 45.6 Å². The highest BCUT2D eigenvalue weighted by Gasteiger charge is 2.22. The number of hydrogen-bond donors (Lipinski definition) is 1. The zero-order valence-electron chi connectivity index (χ0n) is 11.2. The van der Waals surface area contributed by atoms with Gasteiger partial charge >= 0.3 is 0 Å². The van der Waals surface area contributed by atoms with Crippen LogP contribution in [0.3, 0.4) is 0 Å². The van der Waals surface area contributed by atoms with Crippen LogP contribution in [-0.4, -0.2) is 33.9 Å². The van der Waals surface area contributed by atoms with E-state index in [0.717, 1.165) is 38.8 Å². The molecule has 2 rings (SSSR count). The summed E-state index contributed by atoms with van der Waals surface area (Å²) < 4.78 is 1.87. The number of carbonyl (C=O) groups excluding carboxylic acids is 1. The van der Waals surface area contributed by atoms with E-state index in [0.29, 0.717) is 11.7 Å². The predicted octanol–water partition coefficient (Wildman–Crippen LogP) is 1.82. The number of aromatic nitrogens is 3. The highest BCUT2D eigenvalue weighted by molar-refractivity contribution is 5.95. The first-order valence-electron chi connectivity index (χ1n) is 6.93. The monoisotopic (exact) mass is 250 g/mol. The number of hydrogen-bond acceptors (Lipinski definition) is 4. The Morgan fingerprint density at radius 3 is 2.72 bits per heavy atom. The molecule has 0 spiro atoms. The van der Waals surface area contributed by atoms with E-state index >= 15 is 0 Å². The van der Waals surface area contributed by atoms with Crippen LogP contribution in [0.2, 0.25) is 0 Å². The molecule has 1 N–H and O–H groups in total. The molecule has 0 aromatic carbocycles. The molecule has 1 fully saturated rings. The maximum absolute atomic E-state index is 12.2. The van der Waals surface area contributed by atoms with Crippen LogP contribution in [0.4, 0.5) is 0 Å². The zero-order chi connectivity index (χ0) is 13.0. The molecule has 1 saturated heterocycles. The fourth-order valence-electron chi connectivity index (χ4n) is 2.51. The molecule has 2 heterocycles. The molecule has 0 bridgehead atoms. The van der Waals surface area contributed by atoms with Gasteiger partial charge in [0, 0.05) is 5.92 Å². The molecule has 1 aliphatic rings. The summed E-state index contributed by atoms with van der Waals surface area (Å²) in [7, 11) is 0. The second kappa shape index (κ2) is 6.09. The second-order valence-corrected chi connectivity index (χ2v) is 4.94. The Balaban J connectivity index is 2.07. The van der Waals surface area contributed by atoms with Gasteiger partial charge in [-0.1, -0.05) is 19.1 Å². The minimum Gasteiger partial charge on any atom is -0.317 e. The van der Waals surface area contributed by atoms with Gasteiger partial charge in [0.25, 0.3) is 0 Å². The lowest BCUT2D eigenvalue weighted by Gasteiger charge is -2.22. The molecule has 0 amide bonds. The summed E-state index contributed by atoms with van der Waals surface area (Å²) in [4.78, 5) is 12.2. The van der Waals surface area contributed by atoms with Crippen molar-refractivity contribution in [3.8, 4) is 0 Å². The summed E-state index contributed by atoms with van der Waals surface area (Å²) in [6.45, 7) is 6.12. The Bertz CT molecular complexity index is 391. The fraction of sp³-hybridized carbons (Fsp3) is 0.769. The predicted molar refractivity (Wildman–Crippen MR) is 69.6 cm³/mol. The standard InChI is InChI=1S/C13H22N4O/c1-3-10(4-2)13(18)12-9-17(16-15-12)11-5-7-14-8-6-11/h9-11,14H,3-8H2,1-2H3. The molecule has 0 atom stereocenters. The molecule has 0 unspecified atom stereocenters. The van der Waals surface area contributed by atoms with Gasteiger partial charge < -0.3 is 5.32 Å². The summed E-state index contributed by atoms with van der Waals surface area (Å²) in [5.74, 6) is 0.225. The topological polar surface area (TPSA) is 59.8 Å². The Morgan fingerprint density at radius 2 is 2.11 bits per heavy atom. The largest absolute Gasteiger partial charge is 0.317 e. The number of Topliss-reactive ketones (excluding diaryl/α,β-unsaturated/α-hetero) is 1. The molecule has 1 aliphatic heterocycles. The third kappa shape index (κ3) is 2.77. The summed E-state index contributed by atoms with van der Waals surface area (Å²) in [5.41, 5.74) is 0.530. The second-order valence-electron chi connectivity index (χ2n) is 4.94. The van der Waals surface area contributed by atoms with Crippen LogP contribution in [0.1, 0.15) is 56.1 Å². The van der Waals surface area contributed by atoms with Gasteiger partial charge in [0.1, 0.15) is 5.69 Å². The lowest BCUT2D eigenvalue weighted by atomic mass is 9.96. The summed E-state index contributed by atoms with van der Waals surface area (Å²) >= 11 is 0. The van der Waals surface area contributed by atoms with Crippen LogP contribution in [0, 0.1) is 5.92 Å². The first kappa shape index (κ1) is 13.2. The molecule has 18 heavy (non-hydrogen) atoms. The maximum Gasteiger partial charge on any atom is 0.187 e. The van der Waals surface area contributed by atoms with E-state index in [1.54, 1.807) is 0 Å². The first-order valence-corrected chi connectivity index (χ1v) is 6.93. The highest BCUT2D eigenvalue weighted by atomic mass is 16.1. The van der Waals surface area contributed by atoms with Crippen LogP contribution < -0.4 is 5.32 Å². The summed E-state index contributed by atoms with van der Waals surface area (Å²) in [5, 5.41) is 11.5. The van der Waals surface area contributed by atoms with E-state index in [9.17, 15) is 4.79 Å². The molecule has 5 nitrogen and oxygen atoms in total. The molecule has 0 radical (unpaired) electrons. The minimum absolute atomic E-state index is 0.0863. The number of rotatable bonds is 5. The van der Waals surface area contributed by atoms with Gasteiger partial charge in [-0.2, -0.15) is 0 Å². The number of piperidine rings is 1. The first-order chi connectivity index (χ1) is 8.76. The van der Waals surface area contributed by atoms with Crippen molar-refractivity contribution in [3.63, 3.8) is 0 Å². The normalized spacial score (nSPS) is 17.3. The van der Waals surface area contributed by atoms with Gasteiger partial charge in [0.15, 0.2) is 5.78 Å². The maximum atomic E-state index is 12.2. The molecule has 0 saturated carbocycles. The molecule has 5 heteroatoms. The minimum atomic E-state index is 0.0863. The Labute approximate surface area is 108 Å². The van der Waals surface area contributed by atoms with Crippen LogP contribution in [0.15, 0.2) is 6.20 Å². The van der Waals surface area contributed by atoms with Crippen molar-refractivity contribution in [1.82, 2.24) is 20.3 Å². The molecule has 100 valence electrons. The van der Waals surface area contributed by atoms with Gasteiger partial charge in [0.2, 0.25) is 0 Å². The van der Waals surface area contributed by atoms with E-state index < -0.39 is 0 Å². The van der Waals surface area contributed by atoms with Gasteiger partial charge in [-0.05, 0) is 38.8 Å². The molecule has 1 aromatic rings. The van der Waals surface area contributed by atoms with Crippen LogP contribution in [0.5, 0.6) is 0 Å². The van der Waals surface area contributed by atoms with Crippen molar-refractivity contribution in [2.24, 2.45) is 5.92 Å². The lowest BCUT2D eigenvalue weighted by Crippen LogP contribution is -2.29. The van der Waals surface area contributed by atoms with Crippen LogP contribution in [-0.2, 0) is 0 Å². The van der Waals surface area contributed by atoms with Crippen LogP contribution in [0.25, 0.3) is 0 Å². The smallest absolute Gasteiger partial charge is 0.187 e. The van der Waals surface area contributed by atoms with Crippen molar-refractivity contribution in [3.05, 3.63) is 11.9 Å². The third-order valence-electron chi connectivity index (χ3n) is 3.80. The number of carbonyl (C=O) groups is 1. The van der Waals surface area contributed by atoms with Crippen molar-refractivity contribution < 1.29 is 4.79 Å². The SMILES string of the molecule is CCC(CC)C(=O)c1cn(C2CCNCC2)nn1. The summed E-state index contributed by atoms with van der Waals surface area (Å²) in [6, 6.07) is 0.391. The molecule has 1 aromatic heterocycles. The third-order valence-corrected chi connectivity index (χ3v) is 3.80. The Kier molecular flexibility index (Phi) is 4.47. The van der Waals surface area contributed by atoms with E-state index in [2.05, 4.69) is 15.6 Å². The van der Waals surface area contributed by atoms with Gasteiger partial charge in [-0.3, -0.25) is 4.79 Å². The van der Waals surface area contributed by atoms with Crippen molar-refractivity contribution >= 4 is 5.78 Å². The molecular weight excluding hydrogens is 228 g/mol. The Hall–Kier alpha value is -1.23. The molecule has 0 aliphatic carbocycles. The number of nitrogens with zero attached hydrogens (tertiary/aromatic N) is 3. The Morgan fingerprint density at radius 1 is 1.44 bits per heavy atom. The van der Waals surface area contributed by atoms with E-state index in [1.807, 2.05) is 24.7 Å². The average Bonchev–Trinajstić information content (AvgIpc) is 2.90. The van der Waals surface area contributed by atoms with Gasteiger partial charge in [-0.25, -0.2) is 4.68 Å². The molecular formula is C13H22N4O. The van der Waals surface area contributed by atoms with E-state index in [4.69, 9.17) is 0 Å². The van der Waals surface area contributed by atoms with E-state index in [1.165, 1.54) is 0 Å². The fourth-order valence-corrected chi connectivity index (χ4v) is 2.51. The quantitative estimate of drug-likeness (QED) is 0.810. The van der Waals surface area contributed by atoms with Crippen LogP contribution >= 0.6 is 0 Å². The zero-order valence-corrected chi connectivity index (χ0v) is 11.2. The number of nitrogens with one attached hydrogen (secondary N) is 1. The van der Waals surface area contributed by atoms with Gasteiger partial charge in [-0.15, -0.1) is 5.10 Å². The lowest BCUT2D eigenvalue weighted by molar-refractivity contribution is 0.0908. The van der Waals surface area contributed by atoms with E-state index in [-0.39, 0.29) is 11.7 Å². The van der Waals surface area contributed by atoms with Gasteiger partial charge in [0.05, 0.1) is 12.2 Å². The van der Waals surface area contributed by atoms with Crippen molar-refractivity contribution in [2.75, 3.05) is 13.1 Å². The average molecular weight is 250 g/mol. The summed E-state index contributed by atoms with van der Waals surface area (Å²) in [6.07, 6.45) is 5.69. The highest BCUT2D eigenvalue weighted by Crippen LogP contribution is 2.19.